The number of carbonyl (C=O) groups is 1. The van der Waals surface area contributed by atoms with Crippen molar-refractivity contribution in [3.05, 3.63) is 0 Å². The molecule has 1 amide bonds. The quantitative estimate of drug-likeness (QED) is 0.222. The monoisotopic (exact) mass is 103 g/mol. The van der Waals surface area contributed by atoms with Gasteiger partial charge in [-0.05, 0) is 0 Å². The van der Waals surface area contributed by atoms with Crippen LogP contribution in [0.5, 0.6) is 0 Å². The van der Waals surface area contributed by atoms with E-state index < -0.39 is 0 Å². The lowest BCUT2D eigenvalue weighted by atomic mass is 10.4. The Balaban J connectivity index is 3.00. The summed E-state index contributed by atoms with van der Waals surface area (Å²) in [4.78, 5) is 10.1. The fraction of sp³-hybridized carbons (Fsp3) is 0.667. The van der Waals surface area contributed by atoms with E-state index in [1.54, 1.807) is 0 Å². The number of rotatable bonds is 2. The molecule has 0 aromatic heterocycles. The molecule has 0 heterocycles. The van der Waals surface area contributed by atoms with Gasteiger partial charge in [-0.1, -0.05) is 0 Å². The molecule has 0 saturated carbocycles. The number of hydrogen-bond acceptors (Lipinski definition) is 3. The summed E-state index contributed by atoms with van der Waals surface area (Å²) < 4.78 is 0. The van der Waals surface area contributed by atoms with Crippen LogP contribution in [0.15, 0.2) is 0 Å². The Bertz CT molecular complexity index is 63.2. The van der Waals surface area contributed by atoms with Gasteiger partial charge in [0.25, 0.3) is 0 Å². The van der Waals surface area contributed by atoms with Crippen LogP contribution in [0.25, 0.3) is 0 Å². The van der Waals surface area contributed by atoms with Crippen LogP contribution >= 0.6 is 0 Å². The summed E-state index contributed by atoms with van der Waals surface area (Å²) in [6, 6.07) is 0. The van der Waals surface area contributed by atoms with E-state index in [0.717, 1.165) is 0 Å². The van der Waals surface area contributed by atoms with E-state index in [-0.39, 0.29) is 5.91 Å². The Morgan fingerprint density at radius 1 is 1.71 bits per heavy atom. The summed E-state index contributed by atoms with van der Waals surface area (Å²) in [5.74, 6) is 4.48. The molecule has 0 bridgehead atoms. The molecule has 0 aliphatic heterocycles. The highest BCUT2D eigenvalue weighted by Gasteiger charge is 1.90. The highest BCUT2D eigenvalue weighted by atomic mass is 16.2. The Morgan fingerprint density at radius 3 is 2.43 bits per heavy atom. The normalized spacial score (nSPS) is 8.29. The Kier molecular flexibility index (Phi) is 3.26. The largest absolute Gasteiger partial charge is 0.330 e. The summed E-state index contributed by atoms with van der Waals surface area (Å²) in [6.45, 7) is 0.350. The fourth-order valence-corrected chi connectivity index (χ4v) is 0.203. The molecule has 0 rings (SSSR count). The van der Waals surface area contributed by atoms with Gasteiger partial charge >= 0.3 is 0 Å². The molecule has 0 aromatic rings. The molecular weight excluding hydrogens is 94.1 g/mol. The first-order valence-corrected chi connectivity index (χ1v) is 2.00. The van der Waals surface area contributed by atoms with E-state index in [1.807, 2.05) is 5.43 Å². The van der Waals surface area contributed by atoms with E-state index in [4.69, 9.17) is 11.6 Å². The molecule has 0 atom stereocenters. The Hall–Kier alpha value is -0.610. The third-order valence-corrected chi connectivity index (χ3v) is 0.532. The van der Waals surface area contributed by atoms with Gasteiger partial charge in [-0.15, -0.1) is 0 Å². The van der Waals surface area contributed by atoms with Gasteiger partial charge in [-0.2, -0.15) is 0 Å². The summed E-state index contributed by atoms with van der Waals surface area (Å²) in [7, 11) is 0. The topological polar surface area (TPSA) is 81.1 Å². The first-order valence-electron chi connectivity index (χ1n) is 2.00. The molecular formula is C3H9N3O. The van der Waals surface area contributed by atoms with E-state index in [9.17, 15) is 4.79 Å². The third-order valence-electron chi connectivity index (χ3n) is 0.532. The minimum Gasteiger partial charge on any atom is -0.330 e. The maximum atomic E-state index is 10.1. The van der Waals surface area contributed by atoms with Crippen LogP contribution in [0.1, 0.15) is 6.42 Å². The number of nitrogens with one attached hydrogen (secondary N) is 1. The van der Waals surface area contributed by atoms with E-state index in [2.05, 4.69) is 0 Å². The molecule has 0 fully saturated rings. The number of amides is 1. The predicted octanol–water partition coefficient (Wildman–Crippen LogP) is -1.67. The van der Waals surface area contributed by atoms with Crippen LogP contribution in [0, 0.1) is 0 Å². The lowest BCUT2D eigenvalue weighted by Crippen LogP contribution is -2.31. The predicted molar refractivity (Wildman–Crippen MR) is 26.0 cm³/mol. The first-order chi connectivity index (χ1) is 3.31. The van der Waals surface area contributed by atoms with Crippen molar-refractivity contribution < 1.29 is 4.79 Å². The number of hydrogen-bond donors (Lipinski definition) is 3. The van der Waals surface area contributed by atoms with Crippen LogP contribution in [0.4, 0.5) is 0 Å². The van der Waals surface area contributed by atoms with Gasteiger partial charge in [0.05, 0.1) is 0 Å². The van der Waals surface area contributed by atoms with E-state index in [1.165, 1.54) is 0 Å². The minimum atomic E-state index is -0.220. The van der Waals surface area contributed by atoms with Crippen molar-refractivity contribution in [3.63, 3.8) is 0 Å². The van der Waals surface area contributed by atoms with Crippen molar-refractivity contribution in [1.29, 1.82) is 0 Å². The minimum absolute atomic E-state index is 0.220. The lowest BCUT2D eigenvalue weighted by molar-refractivity contribution is -0.120. The Morgan fingerprint density at radius 2 is 2.29 bits per heavy atom. The summed E-state index contributed by atoms with van der Waals surface area (Å²) in [5, 5.41) is 0. The molecule has 0 radical (unpaired) electrons. The lowest BCUT2D eigenvalue weighted by Gasteiger charge is -1.91. The molecule has 0 spiro atoms. The molecule has 0 aliphatic carbocycles. The van der Waals surface area contributed by atoms with Crippen LogP contribution in [-0.2, 0) is 4.79 Å². The average Bonchev–Trinajstić information content (AvgIpc) is 1.68. The van der Waals surface area contributed by atoms with Gasteiger partial charge in [-0.3, -0.25) is 10.2 Å². The molecule has 4 heteroatoms. The van der Waals surface area contributed by atoms with Gasteiger partial charge < -0.3 is 5.73 Å². The number of nitrogens with two attached hydrogens (primary N) is 2. The molecule has 0 aromatic carbocycles. The second kappa shape index (κ2) is 3.58. The highest BCUT2D eigenvalue weighted by molar-refractivity contribution is 5.75. The first kappa shape index (κ1) is 6.39. The van der Waals surface area contributed by atoms with Crippen LogP contribution in [0.3, 0.4) is 0 Å². The maximum absolute atomic E-state index is 10.1. The average molecular weight is 103 g/mol. The molecule has 0 unspecified atom stereocenters. The highest BCUT2D eigenvalue weighted by Crippen LogP contribution is 1.67. The van der Waals surface area contributed by atoms with Gasteiger partial charge in [0, 0.05) is 13.0 Å². The number of carbonyl (C=O) groups excluding carboxylic acids is 1. The van der Waals surface area contributed by atoms with Crippen molar-refractivity contribution in [2.45, 2.75) is 6.42 Å². The molecule has 42 valence electrons. The van der Waals surface area contributed by atoms with Crippen LogP contribution in [0.2, 0.25) is 0 Å². The SMILES string of the molecule is NCCC(=O)NN. The smallest absolute Gasteiger partial charge is 0.235 e. The van der Waals surface area contributed by atoms with E-state index in [0.29, 0.717) is 13.0 Å². The van der Waals surface area contributed by atoms with Gasteiger partial charge in [0.2, 0.25) is 5.91 Å². The van der Waals surface area contributed by atoms with Crippen molar-refractivity contribution >= 4 is 5.91 Å². The van der Waals surface area contributed by atoms with Crippen LogP contribution < -0.4 is 17.0 Å². The summed E-state index contributed by atoms with van der Waals surface area (Å²) >= 11 is 0. The standard InChI is InChI=1S/C3H9N3O/c4-2-1-3(7)6-5/h1-2,4-5H2,(H,6,7). The molecule has 7 heavy (non-hydrogen) atoms. The fourth-order valence-electron chi connectivity index (χ4n) is 0.203. The zero-order chi connectivity index (χ0) is 5.70. The zero-order valence-electron chi connectivity index (χ0n) is 3.98. The number of hydrazine groups is 1. The van der Waals surface area contributed by atoms with Crippen molar-refractivity contribution in [2.75, 3.05) is 6.54 Å². The van der Waals surface area contributed by atoms with Gasteiger partial charge in [0.1, 0.15) is 0 Å². The molecule has 0 saturated heterocycles. The summed E-state index contributed by atoms with van der Waals surface area (Å²) in [5.41, 5.74) is 6.94. The molecule has 4 nitrogen and oxygen atoms in total. The van der Waals surface area contributed by atoms with E-state index >= 15 is 0 Å². The second-order valence-corrected chi connectivity index (χ2v) is 1.11. The van der Waals surface area contributed by atoms with Crippen LogP contribution in [-0.4, -0.2) is 12.5 Å². The molecule has 0 aliphatic rings. The third kappa shape index (κ3) is 3.21. The van der Waals surface area contributed by atoms with Gasteiger partial charge in [-0.25, -0.2) is 5.84 Å². The molecule has 5 N–H and O–H groups in total. The van der Waals surface area contributed by atoms with Crippen molar-refractivity contribution in [1.82, 2.24) is 5.43 Å². The maximum Gasteiger partial charge on any atom is 0.235 e. The second-order valence-electron chi connectivity index (χ2n) is 1.11. The van der Waals surface area contributed by atoms with Crippen molar-refractivity contribution in [2.24, 2.45) is 11.6 Å². The Labute approximate surface area is 41.8 Å². The van der Waals surface area contributed by atoms with Gasteiger partial charge in [0.15, 0.2) is 0 Å². The summed E-state index contributed by atoms with van der Waals surface area (Å²) in [6.07, 6.45) is 0.302. The zero-order valence-corrected chi connectivity index (χ0v) is 3.98. The van der Waals surface area contributed by atoms with Crippen molar-refractivity contribution in [3.8, 4) is 0 Å².